The molecule has 2 unspecified atom stereocenters. The van der Waals surface area contributed by atoms with E-state index in [9.17, 15) is 14.4 Å². The van der Waals surface area contributed by atoms with Crippen LogP contribution >= 0.6 is 0 Å². The van der Waals surface area contributed by atoms with E-state index < -0.39 is 11.3 Å². The molecule has 0 saturated heterocycles. The van der Waals surface area contributed by atoms with Crippen molar-refractivity contribution in [2.24, 2.45) is 5.41 Å². The third-order valence-corrected chi connectivity index (χ3v) is 11.6. The van der Waals surface area contributed by atoms with Crippen molar-refractivity contribution in [1.29, 1.82) is 0 Å². The average molecular weight is 801 g/mol. The minimum Gasteiger partial charge on any atom is -0.426 e. The van der Waals surface area contributed by atoms with Crippen LogP contribution in [-0.2, 0) is 36.0 Å². The summed E-state index contributed by atoms with van der Waals surface area (Å²) >= 11 is 0. The number of rotatable bonds is 3. The summed E-state index contributed by atoms with van der Waals surface area (Å²) in [4.78, 5) is 38.5. The minimum atomic E-state index is -0.599. The van der Waals surface area contributed by atoms with Crippen LogP contribution in [0.5, 0.6) is 17.2 Å². The molecule has 6 rings (SSSR count). The van der Waals surface area contributed by atoms with Gasteiger partial charge in [-0.2, -0.15) is 0 Å². The summed E-state index contributed by atoms with van der Waals surface area (Å²) < 4.78 is 17.5. The number of ether oxygens (including phenoxy) is 3. The first-order valence-corrected chi connectivity index (χ1v) is 21.0. The lowest BCUT2D eigenvalue weighted by atomic mass is 9.77. The molecule has 0 radical (unpaired) electrons. The quantitative estimate of drug-likeness (QED) is 0.152. The molecule has 0 bridgehead atoms. The normalized spacial score (nSPS) is 16.8. The van der Waals surface area contributed by atoms with Gasteiger partial charge < -0.3 is 14.2 Å². The van der Waals surface area contributed by atoms with Crippen LogP contribution in [0.2, 0.25) is 0 Å². The van der Waals surface area contributed by atoms with Gasteiger partial charge in [-0.25, -0.2) is 0 Å². The molecule has 0 fully saturated rings. The molecule has 2 atom stereocenters. The maximum absolute atomic E-state index is 13.2. The molecule has 4 aromatic carbocycles. The lowest BCUT2D eigenvalue weighted by molar-refractivity contribution is -0.143. The highest BCUT2D eigenvalue weighted by molar-refractivity contribution is 5.91. The summed E-state index contributed by atoms with van der Waals surface area (Å²) in [5.41, 5.74) is 11.5. The van der Waals surface area contributed by atoms with Gasteiger partial charge in [-0.3, -0.25) is 14.4 Å². The zero-order chi connectivity index (χ0) is 44.5. The first-order chi connectivity index (χ1) is 26.8. The summed E-state index contributed by atoms with van der Waals surface area (Å²) in [7, 11) is 0. The molecule has 0 aliphatic carbocycles. The van der Waals surface area contributed by atoms with Gasteiger partial charge in [0.25, 0.3) is 0 Å². The van der Waals surface area contributed by atoms with Crippen LogP contribution in [0.3, 0.4) is 0 Å². The number of hydrogen-bond acceptors (Lipinski definition) is 6. The monoisotopic (exact) mass is 801 g/mol. The molecule has 2 heterocycles. The fourth-order valence-corrected chi connectivity index (χ4v) is 7.65. The first kappa shape index (κ1) is 45.4. The molecule has 0 aromatic heterocycles. The van der Waals surface area contributed by atoms with E-state index in [1.165, 1.54) is 22.3 Å². The summed E-state index contributed by atoms with van der Waals surface area (Å²) in [5.74, 6) is 0.448. The van der Waals surface area contributed by atoms with E-state index in [1.807, 2.05) is 46.8 Å². The largest absolute Gasteiger partial charge is 0.426 e. The standard InChI is InChI=1S/C29H38O4.C24H30O2/c1-16-12-18(13-17(2)23(16)33-26(31)29(9,10)11)22-20-14-19(27(3,4)5)15-21(28(6,7)8)24(20)32-25(22)30;1-14-9-10-16(11-15(14)2)20-18-12-17(23(3,4)5)13-19(24(6,7)8)21(18)26-22(20)25/h12-15,22H,1-11H3;9-13,20H,1-8H3. The Labute approximate surface area is 354 Å². The minimum absolute atomic E-state index is 0.00834. The maximum atomic E-state index is 13.2. The molecule has 4 aromatic rings. The Bertz CT molecular complexity index is 2300. The van der Waals surface area contributed by atoms with Gasteiger partial charge >= 0.3 is 17.9 Å². The van der Waals surface area contributed by atoms with Gasteiger partial charge in [0.05, 0.1) is 5.41 Å². The van der Waals surface area contributed by atoms with Gasteiger partial charge in [-0.15, -0.1) is 0 Å². The number of carbonyl (C=O) groups is 3. The number of hydrogen-bond donors (Lipinski definition) is 0. The third-order valence-electron chi connectivity index (χ3n) is 11.6. The number of aryl methyl sites for hydroxylation is 4. The van der Waals surface area contributed by atoms with Crippen LogP contribution in [0, 0.1) is 33.1 Å². The molecule has 316 valence electrons. The maximum Gasteiger partial charge on any atom is 0.323 e. The summed E-state index contributed by atoms with van der Waals surface area (Å²) in [6, 6.07) is 18.9. The van der Waals surface area contributed by atoms with Crippen molar-refractivity contribution in [1.82, 2.24) is 0 Å². The molecule has 59 heavy (non-hydrogen) atoms. The predicted octanol–water partition coefficient (Wildman–Crippen LogP) is 12.9. The zero-order valence-corrected chi connectivity index (χ0v) is 39.3. The van der Waals surface area contributed by atoms with Crippen LogP contribution < -0.4 is 14.2 Å². The van der Waals surface area contributed by atoms with Gasteiger partial charge in [0.2, 0.25) is 0 Å². The smallest absolute Gasteiger partial charge is 0.323 e. The SMILES string of the molecule is Cc1cc(C2C(=O)Oc3c2cc(C(C)(C)C)cc3C(C)(C)C)cc(C)c1OC(=O)C(C)(C)C.Cc1ccc(C2C(=O)Oc3c2cc(C(C)(C)C)cc3C(C)(C)C)cc1C. The van der Waals surface area contributed by atoms with E-state index in [-0.39, 0.29) is 45.5 Å². The fourth-order valence-electron chi connectivity index (χ4n) is 7.65. The van der Waals surface area contributed by atoms with Crippen LogP contribution in [0.15, 0.2) is 54.6 Å². The Hall–Kier alpha value is -4.71. The molecule has 6 heteroatoms. The molecule has 0 N–H and O–H groups in total. The third kappa shape index (κ3) is 9.37. The highest BCUT2D eigenvalue weighted by Gasteiger charge is 2.41. The van der Waals surface area contributed by atoms with Crippen molar-refractivity contribution < 1.29 is 28.6 Å². The van der Waals surface area contributed by atoms with E-state index in [4.69, 9.17) is 14.2 Å². The van der Waals surface area contributed by atoms with Gasteiger partial charge in [0.1, 0.15) is 29.1 Å². The van der Waals surface area contributed by atoms with Crippen molar-refractivity contribution in [3.05, 3.63) is 121 Å². The van der Waals surface area contributed by atoms with Crippen molar-refractivity contribution in [2.75, 3.05) is 0 Å². The Morgan fingerprint density at radius 2 is 0.881 bits per heavy atom. The Balaban J connectivity index is 0.000000230. The van der Waals surface area contributed by atoms with Crippen molar-refractivity contribution in [3.8, 4) is 17.2 Å². The van der Waals surface area contributed by atoms with Crippen LogP contribution in [0.25, 0.3) is 0 Å². The number of esters is 3. The highest BCUT2D eigenvalue weighted by atomic mass is 16.5. The lowest BCUT2D eigenvalue weighted by Crippen LogP contribution is -2.26. The van der Waals surface area contributed by atoms with Gasteiger partial charge in [-0.05, 0) is 115 Å². The van der Waals surface area contributed by atoms with Crippen molar-refractivity contribution in [3.63, 3.8) is 0 Å². The fraction of sp³-hybridized carbons (Fsp3) is 0.491. The Kier molecular flexibility index (Phi) is 11.8. The highest BCUT2D eigenvalue weighted by Crippen LogP contribution is 2.49. The zero-order valence-electron chi connectivity index (χ0n) is 39.3. The Morgan fingerprint density at radius 3 is 1.24 bits per heavy atom. The Morgan fingerprint density at radius 1 is 0.492 bits per heavy atom. The summed E-state index contributed by atoms with van der Waals surface area (Å²) in [5, 5.41) is 0. The van der Waals surface area contributed by atoms with E-state index in [2.05, 4.69) is 139 Å². The van der Waals surface area contributed by atoms with E-state index in [0.717, 1.165) is 50.3 Å². The summed E-state index contributed by atoms with van der Waals surface area (Å²) in [6.07, 6.45) is 0. The molecule has 2 aliphatic rings. The molecular formula is C53H68O6. The van der Waals surface area contributed by atoms with Crippen LogP contribution in [0.1, 0.15) is 182 Å². The molecular weight excluding hydrogens is 733 g/mol. The number of carbonyl (C=O) groups excluding carboxylic acids is 3. The van der Waals surface area contributed by atoms with Gasteiger partial charge in [0.15, 0.2) is 0 Å². The van der Waals surface area contributed by atoms with E-state index in [0.29, 0.717) is 11.5 Å². The van der Waals surface area contributed by atoms with E-state index >= 15 is 0 Å². The van der Waals surface area contributed by atoms with Crippen molar-refractivity contribution >= 4 is 17.9 Å². The second kappa shape index (κ2) is 15.4. The second-order valence-corrected chi connectivity index (χ2v) is 22.1. The summed E-state index contributed by atoms with van der Waals surface area (Å²) in [6.45, 7) is 39.6. The average Bonchev–Trinajstić information content (AvgIpc) is 3.59. The van der Waals surface area contributed by atoms with Crippen LogP contribution in [0.4, 0.5) is 0 Å². The second-order valence-electron chi connectivity index (χ2n) is 22.1. The molecule has 0 spiro atoms. The molecule has 0 amide bonds. The number of benzene rings is 4. The van der Waals surface area contributed by atoms with Gasteiger partial charge in [0, 0.05) is 22.3 Å². The topological polar surface area (TPSA) is 78.9 Å². The molecule has 0 saturated carbocycles. The van der Waals surface area contributed by atoms with E-state index in [1.54, 1.807) is 0 Å². The van der Waals surface area contributed by atoms with Crippen molar-refractivity contribution in [2.45, 2.75) is 165 Å². The molecule has 6 nitrogen and oxygen atoms in total. The molecule has 2 aliphatic heterocycles. The first-order valence-electron chi connectivity index (χ1n) is 21.0. The predicted molar refractivity (Wildman–Crippen MR) is 240 cm³/mol. The number of fused-ring (bicyclic) bond motifs is 2. The lowest BCUT2D eigenvalue weighted by Gasteiger charge is -2.27. The van der Waals surface area contributed by atoms with Crippen LogP contribution in [-0.4, -0.2) is 17.9 Å². The van der Waals surface area contributed by atoms with Gasteiger partial charge in [-0.1, -0.05) is 138 Å².